The number of hydrogen-bond acceptors (Lipinski definition) is 3. The molecular weight excluding hydrogens is 284 g/mol. The number of amides is 1. The van der Waals surface area contributed by atoms with Crippen molar-refractivity contribution >= 4 is 29.2 Å². The van der Waals surface area contributed by atoms with Gasteiger partial charge in [0, 0.05) is 11.8 Å². The van der Waals surface area contributed by atoms with Gasteiger partial charge >= 0.3 is 5.97 Å². The van der Waals surface area contributed by atoms with Gasteiger partial charge in [-0.1, -0.05) is 17.7 Å². The van der Waals surface area contributed by atoms with E-state index in [4.69, 9.17) is 16.7 Å². The molecule has 2 aromatic rings. The van der Waals surface area contributed by atoms with Crippen LogP contribution >= 0.6 is 11.6 Å². The topological polar surface area (TPSA) is 99.3 Å². The number of anilines is 1. The van der Waals surface area contributed by atoms with Gasteiger partial charge in [-0.05, 0) is 24.3 Å². The highest BCUT2D eigenvalue weighted by Crippen LogP contribution is 2.21. The lowest BCUT2D eigenvalue weighted by Crippen LogP contribution is -2.18. The highest BCUT2D eigenvalue weighted by molar-refractivity contribution is 6.33. The summed E-state index contributed by atoms with van der Waals surface area (Å²) in [5, 5.41) is 11.4. The zero-order chi connectivity index (χ0) is 14.7. The maximum absolute atomic E-state index is 11.9. The molecule has 0 saturated heterocycles. The Morgan fingerprint density at radius 2 is 1.95 bits per heavy atom. The molecule has 0 aliphatic rings. The van der Waals surface area contributed by atoms with Crippen molar-refractivity contribution in [3.8, 4) is 0 Å². The van der Waals surface area contributed by atoms with Crippen LogP contribution in [-0.2, 0) is 0 Å². The van der Waals surface area contributed by atoms with Crippen LogP contribution in [0, 0.1) is 0 Å². The number of pyridine rings is 1. The summed E-state index contributed by atoms with van der Waals surface area (Å²) in [6.45, 7) is 0. The Kier molecular flexibility index (Phi) is 3.86. The van der Waals surface area contributed by atoms with Crippen molar-refractivity contribution in [1.82, 2.24) is 4.98 Å². The molecule has 0 atom stereocenters. The summed E-state index contributed by atoms with van der Waals surface area (Å²) < 4.78 is 0. The van der Waals surface area contributed by atoms with E-state index >= 15 is 0 Å². The molecule has 1 aromatic carbocycles. The van der Waals surface area contributed by atoms with Crippen LogP contribution in [0.2, 0.25) is 5.02 Å². The number of carboxylic acid groups (broad SMARTS) is 1. The SMILES string of the molecule is O=C(Nc1ccc(C(=O)O)c(Cl)c1)c1cccc(=O)[nH]1. The van der Waals surface area contributed by atoms with Crippen molar-refractivity contribution in [2.45, 2.75) is 0 Å². The predicted octanol–water partition coefficient (Wildman–Crippen LogP) is 1.98. The molecule has 0 radical (unpaired) electrons. The molecule has 0 bridgehead atoms. The molecule has 0 unspecified atom stereocenters. The lowest BCUT2D eigenvalue weighted by molar-refractivity contribution is 0.0697. The first-order valence-electron chi connectivity index (χ1n) is 5.51. The minimum atomic E-state index is -1.15. The van der Waals surface area contributed by atoms with Crippen molar-refractivity contribution in [3.63, 3.8) is 0 Å². The minimum Gasteiger partial charge on any atom is -0.478 e. The molecule has 1 aromatic heterocycles. The molecule has 2 rings (SSSR count). The highest BCUT2D eigenvalue weighted by atomic mass is 35.5. The van der Waals surface area contributed by atoms with Crippen molar-refractivity contribution in [2.24, 2.45) is 0 Å². The van der Waals surface area contributed by atoms with Gasteiger partial charge in [0.05, 0.1) is 10.6 Å². The van der Waals surface area contributed by atoms with E-state index in [1.54, 1.807) is 0 Å². The van der Waals surface area contributed by atoms with E-state index in [2.05, 4.69) is 10.3 Å². The number of aromatic nitrogens is 1. The van der Waals surface area contributed by atoms with E-state index in [0.29, 0.717) is 5.69 Å². The van der Waals surface area contributed by atoms with Gasteiger partial charge in [-0.2, -0.15) is 0 Å². The second-order valence-electron chi connectivity index (χ2n) is 3.88. The normalized spacial score (nSPS) is 10.1. The molecule has 0 aliphatic carbocycles. The third kappa shape index (κ3) is 3.04. The average molecular weight is 293 g/mol. The summed E-state index contributed by atoms with van der Waals surface area (Å²) in [6.07, 6.45) is 0. The number of aromatic carboxylic acids is 1. The van der Waals surface area contributed by atoms with Crippen molar-refractivity contribution in [3.05, 3.63) is 63.0 Å². The molecule has 0 saturated carbocycles. The highest BCUT2D eigenvalue weighted by Gasteiger charge is 2.11. The molecular formula is C13H9ClN2O4. The van der Waals surface area contributed by atoms with Gasteiger partial charge < -0.3 is 15.4 Å². The molecule has 1 heterocycles. The standard InChI is InChI=1S/C13H9ClN2O4/c14-9-6-7(4-5-8(9)13(19)20)15-12(18)10-2-1-3-11(17)16-10/h1-6H,(H,15,18)(H,16,17)(H,19,20). The van der Waals surface area contributed by atoms with E-state index in [9.17, 15) is 14.4 Å². The largest absolute Gasteiger partial charge is 0.478 e. The van der Waals surface area contributed by atoms with Crippen LogP contribution < -0.4 is 10.9 Å². The van der Waals surface area contributed by atoms with Gasteiger partial charge in [0.2, 0.25) is 5.56 Å². The lowest BCUT2D eigenvalue weighted by atomic mass is 10.2. The van der Waals surface area contributed by atoms with Crippen LogP contribution in [0.1, 0.15) is 20.8 Å². The molecule has 102 valence electrons. The van der Waals surface area contributed by atoms with E-state index in [1.807, 2.05) is 0 Å². The first kappa shape index (κ1) is 13.8. The first-order chi connectivity index (χ1) is 9.47. The van der Waals surface area contributed by atoms with Gasteiger partial charge in [-0.15, -0.1) is 0 Å². The molecule has 1 amide bonds. The van der Waals surface area contributed by atoms with E-state index in [0.717, 1.165) is 0 Å². The number of carbonyl (C=O) groups is 2. The van der Waals surface area contributed by atoms with Crippen LogP contribution in [0.5, 0.6) is 0 Å². The van der Waals surface area contributed by atoms with E-state index < -0.39 is 17.4 Å². The summed E-state index contributed by atoms with van der Waals surface area (Å²) in [7, 11) is 0. The molecule has 3 N–H and O–H groups in total. The maximum Gasteiger partial charge on any atom is 0.337 e. The van der Waals surface area contributed by atoms with Crippen LogP contribution in [0.15, 0.2) is 41.2 Å². The van der Waals surface area contributed by atoms with Crippen molar-refractivity contribution < 1.29 is 14.7 Å². The third-order valence-corrected chi connectivity index (χ3v) is 2.78. The average Bonchev–Trinajstić information content (AvgIpc) is 2.38. The second kappa shape index (κ2) is 5.58. The van der Waals surface area contributed by atoms with Gasteiger partial charge in [-0.3, -0.25) is 9.59 Å². The number of halogens is 1. The summed E-state index contributed by atoms with van der Waals surface area (Å²) in [4.78, 5) is 36.1. The summed E-state index contributed by atoms with van der Waals surface area (Å²) in [5.74, 6) is -1.68. The molecule has 0 aliphatic heterocycles. The number of carboxylic acids is 1. The fourth-order valence-corrected chi connectivity index (χ4v) is 1.81. The van der Waals surface area contributed by atoms with Gasteiger partial charge in [0.25, 0.3) is 5.91 Å². The first-order valence-corrected chi connectivity index (χ1v) is 5.88. The molecule has 7 heteroatoms. The number of nitrogens with one attached hydrogen (secondary N) is 2. The summed E-state index contributed by atoms with van der Waals surface area (Å²) >= 11 is 5.79. The Balaban J connectivity index is 2.22. The maximum atomic E-state index is 11.9. The fourth-order valence-electron chi connectivity index (χ4n) is 1.54. The number of hydrogen-bond donors (Lipinski definition) is 3. The Hall–Kier alpha value is -2.60. The summed E-state index contributed by atoms with van der Waals surface area (Å²) in [6, 6.07) is 8.21. The molecule has 0 spiro atoms. The fraction of sp³-hybridized carbons (Fsp3) is 0. The van der Waals surface area contributed by atoms with E-state index in [-0.39, 0.29) is 16.3 Å². The Morgan fingerprint density at radius 1 is 1.20 bits per heavy atom. The van der Waals surface area contributed by atoms with Crippen LogP contribution in [-0.4, -0.2) is 22.0 Å². The molecule has 6 nitrogen and oxygen atoms in total. The van der Waals surface area contributed by atoms with Crippen molar-refractivity contribution in [2.75, 3.05) is 5.32 Å². The third-order valence-electron chi connectivity index (χ3n) is 2.47. The Bertz CT molecular complexity index is 739. The number of H-pyrrole nitrogens is 1. The van der Waals surface area contributed by atoms with Crippen LogP contribution in [0.3, 0.4) is 0 Å². The van der Waals surface area contributed by atoms with Crippen LogP contribution in [0.4, 0.5) is 5.69 Å². The van der Waals surface area contributed by atoms with Gasteiger partial charge in [0.15, 0.2) is 0 Å². The summed E-state index contributed by atoms with van der Waals surface area (Å²) in [5.41, 5.74) is -0.0275. The van der Waals surface area contributed by atoms with Gasteiger partial charge in [0.1, 0.15) is 5.69 Å². The molecule has 0 fully saturated rings. The number of carbonyl (C=O) groups excluding carboxylic acids is 1. The van der Waals surface area contributed by atoms with E-state index in [1.165, 1.54) is 36.4 Å². The number of benzene rings is 1. The minimum absolute atomic E-state index is 0.0110. The van der Waals surface area contributed by atoms with Crippen LogP contribution in [0.25, 0.3) is 0 Å². The zero-order valence-corrected chi connectivity index (χ0v) is 10.8. The monoisotopic (exact) mass is 292 g/mol. The Morgan fingerprint density at radius 3 is 2.55 bits per heavy atom. The quantitative estimate of drug-likeness (QED) is 0.805. The predicted molar refractivity (Wildman–Crippen MR) is 73.4 cm³/mol. The second-order valence-corrected chi connectivity index (χ2v) is 4.29. The Labute approximate surface area is 118 Å². The zero-order valence-electron chi connectivity index (χ0n) is 10.0. The smallest absolute Gasteiger partial charge is 0.337 e. The number of aromatic amines is 1. The van der Waals surface area contributed by atoms with Gasteiger partial charge in [-0.25, -0.2) is 4.79 Å². The van der Waals surface area contributed by atoms with Crippen molar-refractivity contribution in [1.29, 1.82) is 0 Å². The number of rotatable bonds is 3. The lowest BCUT2D eigenvalue weighted by Gasteiger charge is -2.06. The molecule has 20 heavy (non-hydrogen) atoms.